The van der Waals surface area contributed by atoms with Gasteiger partial charge in [-0.15, -0.1) is 0 Å². The summed E-state index contributed by atoms with van der Waals surface area (Å²) in [7, 11) is 2.03. The predicted molar refractivity (Wildman–Crippen MR) is 125 cm³/mol. The molecule has 2 N–H and O–H groups in total. The highest BCUT2D eigenvalue weighted by Gasteiger charge is 2.27. The number of aliphatic hydroxyl groups excluding tert-OH is 1. The minimum atomic E-state index is -0.767. The van der Waals surface area contributed by atoms with E-state index in [4.69, 9.17) is 19.7 Å². The predicted octanol–water partition coefficient (Wildman–Crippen LogP) is 1.35. The molecule has 2 aliphatic heterocycles. The Morgan fingerprint density at radius 2 is 1.91 bits per heavy atom. The smallest absolute Gasteiger partial charge is 0.239 e. The molecule has 0 bridgehead atoms. The summed E-state index contributed by atoms with van der Waals surface area (Å²) in [4.78, 5) is 21.9. The number of nitrogens with zero attached hydrogens (tertiary/aromatic N) is 7. The lowest BCUT2D eigenvalue weighted by Gasteiger charge is -2.28. The van der Waals surface area contributed by atoms with Crippen molar-refractivity contribution in [3.05, 3.63) is 35.9 Å². The zero-order chi connectivity index (χ0) is 22.5. The van der Waals surface area contributed by atoms with Crippen molar-refractivity contribution in [2.45, 2.75) is 19.4 Å². The Bertz CT molecular complexity index is 1320. The average molecular weight is 449 g/mol. The molecule has 6 rings (SSSR count). The first-order valence-electron chi connectivity index (χ1n) is 11.5. The number of benzene rings is 1. The number of nitrogens with one attached hydrogen (secondary N) is 1. The number of aryl methyl sites for hydroxylation is 1. The van der Waals surface area contributed by atoms with E-state index in [1.165, 1.54) is 0 Å². The molecule has 33 heavy (non-hydrogen) atoms. The molecular weight excluding hydrogens is 420 g/mol. The molecule has 3 aromatic heterocycles. The van der Waals surface area contributed by atoms with Crippen LogP contribution in [0.25, 0.3) is 28.1 Å². The van der Waals surface area contributed by atoms with Gasteiger partial charge in [-0.2, -0.15) is 9.97 Å². The molecule has 2 fully saturated rings. The van der Waals surface area contributed by atoms with E-state index in [2.05, 4.69) is 19.8 Å². The van der Waals surface area contributed by atoms with Gasteiger partial charge in [-0.3, -0.25) is 4.57 Å². The molecule has 0 amide bonds. The molecule has 5 heterocycles. The van der Waals surface area contributed by atoms with E-state index < -0.39 is 6.10 Å². The van der Waals surface area contributed by atoms with Crippen molar-refractivity contribution in [3.8, 4) is 5.95 Å². The quantitative estimate of drug-likeness (QED) is 0.471. The van der Waals surface area contributed by atoms with Crippen LogP contribution < -0.4 is 10.2 Å². The Labute approximate surface area is 191 Å². The van der Waals surface area contributed by atoms with Gasteiger partial charge in [0.2, 0.25) is 5.95 Å². The van der Waals surface area contributed by atoms with Crippen molar-refractivity contribution in [3.63, 3.8) is 0 Å². The minimum Gasteiger partial charge on any atom is -0.385 e. The number of morpholine rings is 1. The van der Waals surface area contributed by atoms with Crippen LogP contribution in [-0.4, -0.2) is 73.6 Å². The Hall–Kier alpha value is -3.08. The van der Waals surface area contributed by atoms with Gasteiger partial charge in [-0.05, 0) is 38.1 Å². The molecule has 4 aromatic rings. The number of hydrogen-bond donors (Lipinski definition) is 2. The summed E-state index contributed by atoms with van der Waals surface area (Å²) in [5.41, 5.74) is 3.27. The van der Waals surface area contributed by atoms with E-state index in [1.54, 1.807) is 6.92 Å². The van der Waals surface area contributed by atoms with Crippen LogP contribution in [0.15, 0.2) is 24.3 Å². The molecule has 10 heteroatoms. The lowest BCUT2D eigenvalue weighted by atomic mass is 9.99. The highest BCUT2D eigenvalue weighted by atomic mass is 16.5. The van der Waals surface area contributed by atoms with Gasteiger partial charge in [0.25, 0.3) is 0 Å². The Morgan fingerprint density at radius 3 is 2.64 bits per heavy atom. The van der Waals surface area contributed by atoms with Crippen LogP contribution in [0.1, 0.15) is 24.7 Å². The molecule has 10 nitrogen and oxygen atoms in total. The maximum absolute atomic E-state index is 10.5. The van der Waals surface area contributed by atoms with Gasteiger partial charge < -0.3 is 24.6 Å². The van der Waals surface area contributed by atoms with Gasteiger partial charge in [0, 0.05) is 26.6 Å². The van der Waals surface area contributed by atoms with Crippen LogP contribution >= 0.6 is 0 Å². The van der Waals surface area contributed by atoms with E-state index in [0.717, 1.165) is 66.4 Å². The van der Waals surface area contributed by atoms with Gasteiger partial charge in [-0.25, -0.2) is 9.97 Å². The van der Waals surface area contributed by atoms with Crippen LogP contribution in [0.5, 0.6) is 0 Å². The number of anilines is 1. The van der Waals surface area contributed by atoms with Gasteiger partial charge in [-0.1, -0.05) is 12.1 Å². The first-order valence-corrected chi connectivity index (χ1v) is 11.5. The van der Waals surface area contributed by atoms with Crippen LogP contribution in [0.4, 0.5) is 5.82 Å². The average Bonchev–Trinajstić information content (AvgIpc) is 3.34. The molecular formula is C23H28N8O2. The van der Waals surface area contributed by atoms with Crippen molar-refractivity contribution in [2.24, 2.45) is 13.0 Å². The fourth-order valence-corrected chi connectivity index (χ4v) is 4.64. The third-order valence-electron chi connectivity index (χ3n) is 6.59. The Morgan fingerprint density at radius 1 is 1.12 bits per heavy atom. The lowest BCUT2D eigenvalue weighted by Crippen LogP contribution is -2.43. The number of aromatic nitrogens is 6. The summed E-state index contributed by atoms with van der Waals surface area (Å²) < 4.78 is 9.54. The molecule has 2 saturated heterocycles. The summed E-state index contributed by atoms with van der Waals surface area (Å²) in [5.74, 6) is 3.43. The zero-order valence-corrected chi connectivity index (χ0v) is 18.9. The number of aliphatic hydroxyl groups is 1. The third kappa shape index (κ3) is 3.45. The number of ether oxygens (including phenoxy) is 1. The van der Waals surface area contributed by atoms with E-state index >= 15 is 0 Å². The van der Waals surface area contributed by atoms with Crippen molar-refractivity contribution >= 4 is 28.0 Å². The van der Waals surface area contributed by atoms with E-state index in [0.29, 0.717) is 30.9 Å². The topological polar surface area (TPSA) is 106 Å². The highest BCUT2D eigenvalue weighted by molar-refractivity contribution is 5.86. The number of imidazole rings is 2. The standard InChI is InChI=1S/C23H28N8O2/c1-14(32)20-25-16-5-3-4-6-17(16)31(20)23-27-21-19(22(28-23)30-7-9-33-10-8-30)26-18(29(21)2)11-15-12-24-13-15/h3-6,14-15,24,32H,7-13H2,1-2H3/t14-/m0/s1. The molecule has 0 radical (unpaired) electrons. The maximum atomic E-state index is 10.5. The van der Waals surface area contributed by atoms with E-state index in [-0.39, 0.29) is 0 Å². The molecule has 0 saturated carbocycles. The summed E-state index contributed by atoms with van der Waals surface area (Å²) in [6.45, 7) is 6.57. The van der Waals surface area contributed by atoms with Crippen LogP contribution in [0, 0.1) is 5.92 Å². The van der Waals surface area contributed by atoms with Gasteiger partial charge in [0.1, 0.15) is 17.8 Å². The monoisotopic (exact) mass is 448 g/mol. The Balaban J connectivity index is 1.58. The lowest BCUT2D eigenvalue weighted by molar-refractivity contribution is 0.122. The summed E-state index contributed by atoms with van der Waals surface area (Å²) >= 11 is 0. The third-order valence-corrected chi connectivity index (χ3v) is 6.59. The van der Waals surface area contributed by atoms with Crippen LogP contribution in [0.3, 0.4) is 0 Å². The van der Waals surface area contributed by atoms with Gasteiger partial charge in [0.15, 0.2) is 17.0 Å². The Kier molecular flexibility index (Phi) is 5.01. The second kappa shape index (κ2) is 8.05. The van der Waals surface area contributed by atoms with Crippen molar-refractivity contribution in [1.29, 1.82) is 0 Å². The number of para-hydroxylation sites is 2. The first-order chi connectivity index (χ1) is 16.1. The second-order valence-electron chi connectivity index (χ2n) is 8.90. The number of rotatable bonds is 5. The van der Waals surface area contributed by atoms with Gasteiger partial charge in [0.05, 0.1) is 24.2 Å². The maximum Gasteiger partial charge on any atom is 0.239 e. The fourth-order valence-electron chi connectivity index (χ4n) is 4.64. The first kappa shape index (κ1) is 20.5. The molecule has 0 spiro atoms. The van der Waals surface area contributed by atoms with Crippen molar-refractivity contribution in [1.82, 2.24) is 34.4 Å². The van der Waals surface area contributed by atoms with E-state index in [9.17, 15) is 5.11 Å². The molecule has 0 unspecified atom stereocenters. The second-order valence-corrected chi connectivity index (χ2v) is 8.90. The summed E-state index contributed by atoms with van der Waals surface area (Å²) in [6.07, 6.45) is 0.141. The number of fused-ring (bicyclic) bond motifs is 2. The molecule has 1 atom stereocenters. The summed E-state index contributed by atoms with van der Waals surface area (Å²) in [6, 6.07) is 7.82. The van der Waals surface area contributed by atoms with E-state index in [1.807, 2.05) is 35.9 Å². The molecule has 2 aliphatic rings. The SMILES string of the molecule is C[C@H](O)c1nc2ccccc2n1-c1nc(N2CCOCC2)c2nc(CC3CNC3)n(C)c2n1. The summed E-state index contributed by atoms with van der Waals surface area (Å²) in [5, 5.41) is 13.8. The normalized spacial score (nSPS) is 18.2. The van der Waals surface area contributed by atoms with Crippen LogP contribution in [-0.2, 0) is 18.2 Å². The zero-order valence-electron chi connectivity index (χ0n) is 18.9. The number of hydrogen-bond acceptors (Lipinski definition) is 8. The highest BCUT2D eigenvalue weighted by Crippen LogP contribution is 2.30. The molecule has 172 valence electrons. The van der Waals surface area contributed by atoms with Gasteiger partial charge >= 0.3 is 0 Å². The molecule has 0 aliphatic carbocycles. The molecule has 1 aromatic carbocycles. The largest absolute Gasteiger partial charge is 0.385 e. The van der Waals surface area contributed by atoms with Crippen LogP contribution in [0.2, 0.25) is 0 Å². The minimum absolute atomic E-state index is 0.494. The fraction of sp³-hybridized carbons (Fsp3) is 0.478. The van der Waals surface area contributed by atoms with Crippen molar-refractivity contribution in [2.75, 3.05) is 44.3 Å². The van der Waals surface area contributed by atoms with Crippen molar-refractivity contribution < 1.29 is 9.84 Å².